The lowest BCUT2D eigenvalue weighted by molar-refractivity contribution is -0.186. The third-order valence-electron chi connectivity index (χ3n) is 4.14. The minimum Gasteiger partial charge on any atom is -0.480 e. The first-order valence-electron chi connectivity index (χ1n) is 7.06. The second-order valence-electron chi connectivity index (χ2n) is 5.38. The SMILES string of the molecule is CNC(c1nccnc1OC)C1CCCC(C(F)(F)F)C1. The van der Waals surface area contributed by atoms with Crippen LogP contribution in [0, 0.1) is 11.8 Å². The van der Waals surface area contributed by atoms with E-state index in [9.17, 15) is 13.2 Å². The zero-order valence-corrected chi connectivity index (χ0v) is 12.2. The highest BCUT2D eigenvalue weighted by atomic mass is 19.4. The second-order valence-corrected chi connectivity index (χ2v) is 5.38. The predicted molar refractivity (Wildman–Crippen MR) is 71.9 cm³/mol. The molecule has 0 aliphatic heterocycles. The molecule has 1 heterocycles. The highest BCUT2D eigenvalue weighted by Gasteiger charge is 2.44. The normalized spacial score (nSPS) is 24.6. The van der Waals surface area contributed by atoms with E-state index in [4.69, 9.17) is 4.74 Å². The van der Waals surface area contributed by atoms with Gasteiger partial charge in [0.05, 0.1) is 19.1 Å². The minimum absolute atomic E-state index is 0.120. The smallest absolute Gasteiger partial charge is 0.391 e. The Hall–Kier alpha value is -1.37. The first kappa shape index (κ1) is 16.0. The summed E-state index contributed by atoms with van der Waals surface area (Å²) in [5, 5.41) is 3.08. The number of alkyl halides is 3. The van der Waals surface area contributed by atoms with Crippen LogP contribution in [0.4, 0.5) is 13.2 Å². The van der Waals surface area contributed by atoms with E-state index in [1.165, 1.54) is 19.5 Å². The van der Waals surface area contributed by atoms with Crippen LogP contribution in [0.15, 0.2) is 12.4 Å². The van der Waals surface area contributed by atoms with Crippen molar-refractivity contribution in [1.82, 2.24) is 15.3 Å². The third-order valence-corrected chi connectivity index (χ3v) is 4.14. The lowest BCUT2D eigenvalue weighted by Crippen LogP contribution is -2.35. The highest BCUT2D eigenvalue weighted by molar-refractivity contribution is 5.22. The topological polar surface area (TPSA) is 47.0 Å². The van der Waals surface area contributed by atoms with Crippen molar-refractivity contribution in [2.75, 3.05) is 14.2 Å². The lowest BCUT2D eigenvalue weighted by Gasteiger charge is -2.35. The van der Waals surface area contributed by atoms with Crippen LogP contribution in [-0.4, -0.2) is 30.3 Å². The Balaban J connectivity index is 2.21. The van der Waals surface area contributed by atoms with E-state index in [1.807, 2.05) is 0 Å². The molecule has 0 amide bonds. The van der Waals surface area contributed by atoms with Gasteiger partial charge in [0, 0.05) is 12.4 Å². The fourth-order valence-electron chi connectivity index (χ4n) is 3.13. The number of hydrogen-bond acceptors (Lipinski definition) is 4. The summed E-state index contributed by atoms with van der Waals surface area (Å²) in [7, 11) is 3.22. The molecular weight excluding hydrogens is 283 g/mol. The maximum absolute atomic E-state index is 13.0. The van der Waals surface area contributed by atoms with Crippen LogP contribution in [0.2, 0.25) is 0 Å². The van der Waals surface area contributed by atoms with E-state index in [-0.39, 0.29) is 24.8 Å². The third kappa shape index (κ3) is 3.64. The van der Waals surface area contributed by atoms with Crippen molar-refractivity contribution in [3.63, 3.8) is 0 Å². The second kappa shape index (κ2) is 6.60. The summed E-state index contributed by atoms with van der Waals surface area (Å²) < 4.78 is 44.0. The maximum Gasteiger partial charge on any atom is 0.391 e. The summed E-state index contributed by atoms with van der Waals surface area (Å²) in [6.45, 7) is 0. The average molecular weight is 303 g/mol. The van der Waals surface area contributed by atoms with Crippen molar-refractivity contribution in [2.45, 2.75) is 37.9 Å². The Labute approximate surface area is 122 Å². The Morgan fingerprint density at radius 1 is 1.29 bits per heavy atom. The average Bonchev–Trinajstić information content (AvgIpc) is 2.48. The maximum atomic E-state index is 13.0. The van der Waals surface area contributed by atoms with Crippen molar-refractivity contribution in [1.29, 1.82) is 0 Å². The Morgan fingerprint density at radius 3 is 2.62 bits per heavy atom. The number of aromatic nitrogens is 2. The zero-order valence-electron chi connectivity index (χ0n) is 12.2. The van der Waals surface area contributed by atoms with Crippen LogP contribution in [0.5, 0.6) is 5.88 Å². The van der Waals surface area contributed by atoms with E-state index in [2.05, 4.69) is 15.3 Å². The number of nitrogens with zero attached hydrogens (tertiary/aromatic N) is 2. The molecule has 0 radical (unpaired) electrons. The quantitative estimate of drug-likeness (QED) is 0.928. The molecule has 0 aromatic carbocycles. The van der Waals surface area contributed by atoms with Crippen LogP contribution in [0.3, 0.4) is 0 Å². The molecule has 0 saturated heterocycles. The molecule has 1 saturated carbocycles. The van der Waals surface area contributed by atoms with Crippen LogP contribution in [0.25, 0.3) is 0 Å². The van der Waals surface area contributed by atoms with Gasteiger partial charge in [-0.3, -0.25) is 4.98 Å². The van der Waals surface area contributed by atoms with Crippen molar-refractivity contribution in [3.05, 3.63) is 18.1 Å². The van der Waals surface area contributed by atoms with E-state index in [1.54, 1.807) is 7.05 Å². The van der Waals surface area contributed by atoms with Crippen LogP contribution >= 0.6 is 0 Å². The van der Waals surface area contributed by atoms with Gasteiger partial charge in [-0.25, -0.2) is 4.98 Å². The summed E-state index contributed by atoms with van der Waals surface area (Å²) in [5.41, 5.74) is 0.579. The molecule has 0 bridgehead atoms. The molecule has 21 heavy (non-hydrogen) atoms. The first-order valence-corrected chi connectivity index (χ1v) is 7.06. The Bertz CT molecular complexity index is 467. The molecule has 3 unspecified atom stereocenters. The molecule has 1 aliphatic rings. The molecule has 3 atom stereocenters. The van der Waals surface area contributed by atoms with Gasteiger partial charge >= 0.3 is 6.18 Å². The van der Waals surface area contributed by atoms with Gasteiger partial charge in [-0.2, -0.15) is 13.2 Å². The van der Waals surface area contributed by atoms with Gasteiger partial charge in [0.1, 0.15) is 5.69 Å². The molecule has 1 aliphatic carbocycles. The number of halogens is 3. The van der Waals surface area contributed by atoms with Crippen LogP contribution in [0.1, 0.15) is 37.4 Å². The Morgan fingerprint density at radius 2 is 2.00 bits per heavy atom. The van der Waals surface area contributed by atoms with Crippen molar-refractivity contribution >= 4 is 0 Å². The number of rotatable bonds is 4. The standard InChI is InChI=1S/C14H20F3N3O/c1-18-11(12-13(21-2)20-7-6-19-12)9-4-3-5-10(8-9)14(15,16)17/h6-7,9-11,18H,3-5,8H2,1-2H3. The number of ether oxygens (including phenoxy) is 1. The Kier molecular flexibility index (Phi) is 5.03. The molecule has 118 valence electrons. The van der Waals surface area contributed by atoms with Gasteiger partial charge in [0.25, 0.3) is 0 Å². The monoisotopic (exact) mass is 303 g/mol. The molecule has 7 heteroatoms. The molecule has 1 aromatic rings. The van der Waals surface area contributed by atoms with Crippen molar-refractivity contribution in [3.8, 4) is 5.88 Å². The zero-order chi connectivity index (χ0) is 15.5. The molecule has 2 rings (SSSR count). The number of nitrogens with one attached hydrogen (secondary N) is 1. The van der Waals surface area contributed by atoms with E-state index < -0.39 is 12.1 Å². The van der Waals surface area contributed by atoms with Gasteiger partial charge in [-0.05, 0) is 32.2 Å². The van der Waals surface area contributed by atoms with Crippen LogP contribution in [-0.2, 0) is 0 Å². The first-order chi connectivity index (χ1) is 9.97. The largest absolute Gasteiger partial charge is 0.480 e. The van der Waals surface area contributed by atoms with E-state index in [0.717, 1.165) is 6.42 Å². The number of hydrogen-bond donors (Lipinski definition) is 1. The summed E-state index contributed by atoms with van der Waals surface area (Å²) in [6, 6.07) is -0.279. The van der Waals surface area contributed by atoms with Gasteiger partial charge in [0.15, 0.2) is 0 Å². The van der Waals surface area contributed by atoms with Gasteiger partial charge in [-0.15, -0.1) is 0 Å². The molecule has 0 spiro atoms. The molecule has 1 N–H and O–H groups in total. The summed E-state index contributed by atoms with van der Waals surface area (Å²) in [4.78, 5) is 8.33. The predicted octanol–water partition coefficient (Wildman–Crippen LogP) is 3.11. The molecule has 1 fully saturated rings. The summed E-state index contributed by atoms with van der Waals surface area (Å²) in [6.07, 6.45) is 0.584. The molecular formula is C14H20F3N3O. The molecule has 1 aromatic heterocycles. The van der Waals surface area contributed by atoms with Crippen molar-refractivity contribution < 1.29 is 17.9 Å². The van der Waals surface area contributed by atoms with E-state index in [0.29, 0.717) is 18.0 Å². The molecule has 4 nitrogen and oxygen atoms in total. The van der Waals surface area contributed by atoms with Gasteiger partial charge in [-0.1, -0.05) is 6.42 Å². The van der Waals surface area contributed by atoms with Gasteiger partial charge < -0.3 is 10.1 Å². The van der Waals surface area contributed by atoms with Crippen LogP contribution < -0.4 is 10.1 Å². The summed E-state index contributed by atoms with van der Waals surface area (Å²) in [5.74, 6) is -0.985. The van der Waals surface area contributed by atoms with E-state index >= 15 is 0 Å². The highest BCUT2D eigenvalue weighted by Crippen LogP contribution is 2.44. The van der Waals surface area contributed by atoms with Crippen molar-refractivity contribution in [2.24, 2.45) is 11.8 Å². The number of methoxy groups -OCH3 is 1. The van der Waals surface area contributed by atoms with Gasteiger partial charge in [0.2, 0.25) is 5.88 Å². The lowest BCUT2D eigenvalue weighted by atomic mass is 9.76. The fraction of sp³-hybridized carbons (Fsp3) is 0.714. The summed E-state index contributed by atoms with van der Waals surface area (Å²) >= 11 is 0. The fourth-order valence-corrected chi connectivity index (χ4v) is 3.13. The minimum atomic E-state index is -4.12.